The van der Waals surface area contributed by atoms with E-state index >= 15 is 0 Å². The molecule has 1 saturated carbocycles. The number of carbonyl (C=O) groups excluding carboxylic acids is 1. The molecule has 1 fully saturated rings. The molecule has 0 heterocycles. The first-order valence-electron chi connectivity index (χ1n) is 2.24. The average Bonchev–Trinajstić information content (AvgIpc) is 2.15. The highest BCUT2D eigenvalue weighted by Crippen LogP contribution is 2.41. The maximum absolute atomic E-state index is 11.8. The molecule has 0 aromatic rings. The van der Waals surface area contributed by atoms with Crippen molar-refractivity contribution in [2.45, 2.75) is 18.4 Å². The molecule has 0 aromatic carbocycles. The molecule has 1 amide bonds. The normalized spacial score (nSPS) is 31.5. The van der Waals surface area contributed by atoms with Crippen molar-refractivity contribution in [2.24, 2.45) is 0 Å². The number of hydrogen-bond acceptors (Lipinski definition) is 1. The Balaban J connectivity index is 2.26. The number of carbonyl (C=O) groups is 1. The van der Waals surface area contributed by atoms with Crippen molar-refractivity contribution in [3.05, 3.63) is 0 Å². The van der Waals surface area contributed by atoms with Gasteiger partial charge in [0.25, 0.3) is 5.92 Å². The third-order valence-corrected chi connectivity index (χ3v) is 1.10. The van der Waals surface area contributed by atoms with Crippen molar-refractivity contribution in [3.63, 3.8) is 0 Å². The SMILES string of the molecule is O=CN[C@H]1CC1(F)F. The maximum atomic E-state index is 11.8. The molecule has 46 valence electrons. The maximum Gasteiger partial charge on any atom is 0.270 e. The molecular formula is C4H5F2NO. The van der Waals surface area contributed by atoms with E-state index in [2.05, 4.69) is 0 Å². The minimum atomic E-state index is -2.62. The van der Waals surface area contributed by atoms with Crippen LogP contribution in [0.1, 0.15) is 6.42 Å². The highest BCUT2D eigenvalue weighted by atomic mass is 19.3. The predicted molar refractivity (Wildman–Crippen MR) is 22.6 cm³/mol. The van der Waals surface area contributed by atoms with E-state index in [0.717, 1.165) is 0 Å². The van der Waals surface area contributed by atoms with Crippen LogP contribution in [-0.4, -0.2) is 18.4 Å². The van der Waals surface area contributed by atoms with E-state index < -0.39 is 12.0 Å². The van der Waals surface area contributed by atoms with Gasteiger partial charge in [-0.3, -0.25) is 4.79 Å². The van der Waals surface area contributed by atoms with Crippen molar-refractivity contribution in [1.29, 1.82) is 0 Å². The topological polar surface area (TPSA) is 29.1 Å². The van der Waals surface area contributed by atoms with E-state index in [1.807, 2.05) is 5.32 Å². The molecule has 0 radical (unpaired) electrons. The third-order valence-electron chi connectivity index (χ3n) is 1.10. The second-order valence-corrected chi connectivity index (χ2v) is 1.80. The van der Waals surface area contributed by atoms with Gasteiger partial charge in [-0.25, -0.2) is 8.78 Å². The van der Waals surface area contributed by atoms with Crippen LogP contribution in [0.5, 0.6) is 0 Å². The van der Waals surface area contributed by atoms with E-state index in [-0.39, 0.29) is 6.42 Å². The Kier molecular flexibility index (Phi) is 0.957. The van der Waals surface area contributed by atoms with E-state index in [1.165, 1.54) is 0 Å². The molecule has 0 bridgehead atoms. The summed E-state index contributed by atoms with van der Waals surface area (Å²) in [6, 6.07) is -0.889. The van der Waals surface area contributed by atoms with Crippen LogP contribution in [0.25, 0.3) is 0 Å². The van der Waals surface area contributed by atoms with Gasteiger partial charge in [-0.05, 0) is 0 Å². The lowest BCUT2D eigenvalue weighted by molar-refractivity contribution is -0.110. The minimum absolute atomic E-state index is 0.203. The van der Waals surface area contributed by atoms with Crippen LogP contribution in [-0.2, 0) is 4.79 Å². The number of hydrogen-bond donors (Lipinski definition) is 1. The molecule has 1 aliphatic carbocycles. The fraction of sp³-hybridized carbons (Fsp3) is 0.750. The zero-order chi connectivity index (χ0) is 6.20. The molecular weight excluding hydrogens is 116 g/mol. The summed E-state index contributed by atoms with van der Waals surface area (Å²) < 4.78 is 23.5. The van der Waals surface area contributed by atoms with Gasteiger partial charge in [-0.15, -0.1) is 0 Å². The van der Waals surface area contributed by atoms with Crippen molar-refractivity contribution in [3.8, 4) is 0 Å². The summed E-state index contributed by atoms with van der Waals surface area (Å²) >= 11 is 0. The molecule has 1 aliphatic rings. The van der Waals surface area contributed by atoms with E-state index in [9.17, 15) is 13.6 Å². The van der Waals surface area contributed by atoms with Gasteiger partial charge < -0.3 is 5.32 Å². The van der Waals surface area contributed by atoms with Gasteiger partial charge in [-0.2, -0.15) is 0 Å². The zero-order valence-electron chi connectivity index (χ0n) is 4.03. The van der Waals surface area contributed by atoms with Gasteiger partial charge in [0.2, 0.25) is 6.41 Å². The van der Waals surface area contributed by atoms with Gasteiger partial charge in [0.15, 0.2) is 0 Å². The van der Waals surface area contributed by atoms with Crippen LogP contribution >= 0.6 is 0 Å². The zero-order valence-corrected chi connectivity index (χ0v) is 4.03. The van der Waals surface area contributed by atoms with Gasteiger partial charge in [0.05, 0.1) is 6.04 Å². The molecule has 1 N–H and O–H groups in total. The molecule has 1 atom stereocenters. The standard InChI is InChI=1S/C4H5F2NO/c5-4(6)1-3(4)7-2-8/h2-3H,1H2,(H,7,8)/t3-/m0/s1. The lowest BCUT2D eigenvalue weighted by Gasteiger charge is -1.90. The van der Waals surface area contributed by atoms with Crippen molar-refractivity contribution in [1.82, 2.24) is 5.32 Å². The van der Waals surface area contributed by atoms with Crippen LogP contribution < -0.4 is 5.32 Å². The second kappa shape index (κ2) is 1.40. The first-order valence-corrected chi connectivity index (χ1v) is 2.24. The number of rotatable bonds is 2. The monoisotopic (exact) mass is 121 g/mol. The molecule has 4 heteroatoms. The third kappa shape index (κ3) is 0.778. The summed E-state index contributed by atoms with van der Waals surface area (Å²) in [6.07, 6.45) is 0.0946. The minimum Gasteiger partial charge on any atom is -0.350 e. The highest BCUT2D eigenvalue weighted by molar-refractivity contribution is 5.48. The van der Waals surface area contributed by atoms with Crippen molar-refractivity contribution >= 4 is 6.41 Å². The Hall–Kier alpha value is -0.670. The smallest absolute Gasteiger partial charge is 0.270 e. The molecule has 0 aromatic heterocycles. The van der Waals surface area contributed by atoms with Crippen LogP contribution in [0.3, 0.4) is 0 Å². The predicted octanol–water partition coefficient (Wildman–Crippen LogP) is 0.140. The Morgan fingerprint density at radius 3 is 2.38 bits per heavy atom. The van der Waals surface area contributed by atoms with Crippen LogP contribution in [0.2, 0.25) is 0 Å². The quantitative estimate of drug-likeness (QED) is 0.517. The molecule has 2 nitrogen and oxygen atoms in total. The number of alkyl halides is 2. The average molecular weight is 121 g/mol. The lowest BCUT2D eigenvalue weighted by atomic mass is 10.7. The largest absolute Gasteiger partial charge is 0.350 e. The van der Waals surface area contributed by atoms with Crippen molar-refractivity contribution in [2.75, 3.05) is 0 Å². The van der Waals surface area contributed by atoms with Gasteiger partial charge in [0.1, 0.15) is 0 Å². The lowest BCUT2D eigenvalue weighted by Crippen LogP contribution is -2.19. The van der Waals surface area contributed by atoms with Crippen LogP contribution in [0, 0.1) is 0 Å². The molecule has 1 rings (SSSR count). The molecule has 8 heavy (non-hydrogen) atoms. The van der Waals surface area contributed by atoms with Gasteiger partial charge in [0, 0.05) is 6.42 Å². The van der Waals surface area contributed by atoms with Crippen LogP contribution in [0.15, 0.2) is 0 Å². The Morgan fingerprint density at radius 1 is 1.75 bits per heavy atom. The summed E-state index contributed by atoms with van der Waals surface area (Å²) in [5, 5.41) is 1.98. The molecule has 0 saturated heterocycles. The van der Waals surface area contributed by atoms with Gasteiger partial charge >= 0.3 is 0 Å². The van der Waals surface area contributed by atoms with Crippen LogP contribution in [0.4, 0.5) is 8.78 Å². The van der Waals surface area contributed by atoms with Crippen molar-refractivity contribution < 1.29 is 13.6 Å². The molecule has 0 spiro atoms. The summed E-state index contributed by atoms with van der Waals surface area (Å²) in [5.41, 5.74) is 0. The van der Waals surface area contributed by atoms with Gasteiger partial charge in [-0.1, -0.05) is 0 Å². The summed E-state index contributed by atoms with van der Waals surface area (Å²) in [6.45, 7) is 0. The molecule has 0 aliphatic heterocycles. The summed E-state index contributed by atoms with van der Waals surface area (Å²) in [4.78, 5) is 9.50. The van der Waals surface area contributed by atoms with E-state index in [4.69, 9.17) is 0 Å². The second-order valence-electron chi connectivity index (χ2n) is 1.80. The first-order chi connectivity index (χ1) is 3.67. The first kappa shape index (κ1) is 5.47. The number of nitrogens with one attached hydrogen (secondary N) is 1. The Labute approximate surface area is 44.9 Å². The Bertz CT molecular complexity index is 115. The highest BCUT2D eigenvalue weighted by Gasteiger charge is 2.56. The van der Waals surface area contributed by atoms with E-state index in [0.29, 0.717) is 6.41 Å². The summed E-state index contributed by atoms with van der Waals surface area (Å²) in [7, 11) is 0. The Morgan fingerprint density at radius 2 is 2.25 bits per heavy atom. The fourth-order valence-corrected chi connectivity index (χ4v) is 0.476. The molecule has 0 unspecified atom stereocenters. The fourth-order valence-electron chi connectivity index (χ4n) is 0.476. The van der Waals surface area contributed by atoms with E-state index in [1.54, 1.807) is 0 Å². The number of amides is 1. The number of halogens is 2. The summed E-state index contributed by atoms with van der Waals surface area (Å²) in [5.74, 6) is -2.62.